The predicted octanol–water partition coefficient (Wildman–Crippen LogP) is 6.34. The minimum absolute atomic E-state index is 0.221. The summed E-state index contributed by atoms with van der Waals surface area (Å²) in [5.41, 5.74) is 4.96. The molecule has 0 N–H and O–H groups in total. The fourth-order valence-electron chi connectivity index (χ4n) is 2.39. The van der Waals surface area contributed by atoms with Crippen LogP contribution in [0.15, 0.2) is 84.9 Å². The summed E-state index contributed by atoms with van der Waals surface area (Å²) in [7, 11) is 0. The lowest BCUT2D eigenvalue weighted by Crippen LogP contribution is -1.92. The van der Waals surface area contributed by atoms with Crippen molar-refractivity contribution < 1.29 is 0 Å². The Morgan fingerprint density at radius 2 is 1.14 bits per heavy atom. The highest BCUT2D eigenvalue weighted by molar-refractivity contribution is 9.09. The first-order chi connectivity index (χ1) is 10.8. The SMILES string of the molecule is BrC(c1ccccc1)c1cccc(C=Cc2ccccc2)c1. The Bertz CT molecular complexity index is 745. The van der Waals surface area contributed by atoms with E-state index < -0.39 is 0 Å². The zero-order valence-electron chi connectivity index (χ0n) is 12.2. The van der Waals surface area contributed by atoms with Gasteiger partial charge in [0.15, 0.2) is 0 Å². The summed E-state index contributed by atoms with van der Waals surface area (Å²) in [6, 6.07) is 29.5. The number of benzene rings is 3. The lowest BCUT2D eigenvalue weighted by molar-refractivity contribution is 1.18. The molecule has 0 aliphatic rings. The monoisotopic (exact) mass is 348 g/mol. The van der Waals surface area contributed by atoms with Crippen LogP contribution in [0.25, 0.3) is 12.2 Å². The summed E-state index contributed by atoms with van der Waals surface area (Å²) >= 11 is 3.80. The van der Waals surface area contributed by atoms with Gasteiger partial charge >= 0.3 is 0 Å². The number of hydrogen-bond acceptors (Lipinski definition) is 0. The van der Waals surface area contributed by atoms with Gasteiger partial charge in [-0.3, -0.25) is 0 Å². The van der Waals surface area contributed by atoms with Gasteiger partial charge in [-0.2, -0.15) is 0 Å². The van der Waals surface area contributed by atoms with Crippen molar-refractivity contribution in [3.8, 4) is 0 Å². The Hall–Kier alpha value is -2.12. The van der Waals surface area contributed by atoms with Crippen LogP contribution in [0.2, 0.25) is 0 Å². The first kappa shape index (κ1) is 14.8. The molecule has 0 fully saturated rings. The highest BCUT2D eigenvalue weighted by Gasteiger charge is 2.09. The van der Waals surface area contributed by atoms with Gasteiger partial charge in [0.1, 0.15) is 0 Å². The molecule has 3 aromatic rings. The topological polar surface area (TPSA) is 0 Å². The minimum atomic E-state index is 0.221. The Balaban J connectivity index is 1.82. The number of alkyl halides is 1. The zero-order chi connectivity index (χ0) is 15.2. The molecule has 0 bridgehead atoms. The Kier molecular flexibility index (Phi) is 4.87. The predicted molar refractivity (Wildman–Crippen MR) is 99.0 cm³/mol. The lowest BCUT2D eigenvalue weighted by Gasteiger charge is -2.11. The molecule has 1 atom stereocenters. The van der Waals surface area contributed by atoms with Crippen molar-refractivity contribution >= 4 is 28.1 Å². The first-order valence-electron chi connectivity index (χ1n) is 7.35. The third kappa shape index (κ3) is 3.75. The van der Waals surface area contributed by atoms with Crippen LogP contribution in [0.4, 0.5) is 0 Å². The van der Waals surface area contributed by atoms with E-state index in [1.807, 2.05) is 12.1 Å². The van der Waals surface area contributed by atoms with E-state index in [2.05, 4.69) is 101 Å². The molecule has 0 aliphatic carbocycles. The van der Waals surface area contributed by atoms with Gasteiger partial charge in [0, 0.05) is 0 Å². The van der Waals surface area contributed by atoms with E-state index in [0.717, 1.165) is 0 Å². The molecular formula is C21H17Br. The van der Waals surface area contributed by atoms with Crippen molar-refractivity contribution in [2.45, 2.75) is 4.83 Å². The van der Waals surface area contributed by atoms with E-state index in [9.17, 15) is 0 Å². The van der Waals surface area contributed by atoms with Gasteiger partial charge in [0.05, 0.1) is 4.83 Å². The molecule has 0 nitrogen and oxygen atoms in total. The van der Waals surface area contributed by atoms with E-state index in [0.29, 0.717) is 0 Å². The summed E-state index contributed by atoms with van der Waals surface area (Å²) < 4.78 is 0. The normalized spacial score (nSPS) is 12.4. The Labute approximate surface area is 140 Å². The molecule has 3 rings (SSSR count). The average molecular weight is 349 g/mol. The second kappa shape index (κ2) is 7.24. The van der Waals surface area contributed by atoms with Gasteiger partial charge in [0.25, 0.3) is 0 Å². The molecule has 0 aliphatic heterocycles. The van der Waals surface area contributed by atoms with Crippen LogP contribution in [0, 0.1) is 0 Å². The summed E-state index contributed by atoms with van der Waals surface area (Å²) in [6.07, 6.45) is 4.30. The third-order valence-corrected chi connectivity index (χ3v) is 4.62. The fourth-order valence-corrected chi connectivity index (χ4v) is 2.98. The van der Waals surface area contributed by atoms with Crippen molar-refractivity contribution in [3.63, 3.8) is 0 Å². The molecule has 0 saturated heterocycles. The van der Waals surface area contributed by atoms with Gasteiger partial charge in [-0.05, 0) is 22.3 Å². The molecule has 22 heavy (non-hydrogen) atoms. The number of halogens is 1. The van der Waals surface area contributed by atoms with Crippen LogP contribution in [0.3, 0.4) is 0 Å². The van der Waals surface area contributed by atoms with E-state index in [1.165, 1.54) is 22.3 Å². The van der Waals surface area contributed by atoms with Crippen molar-refractivity contribution in [2.75, 3.05) is 0 Å². The molecule has 0 amide bonds. The summed E-state index contributed by atoms with van der Waals surface area (Å²) in [6.45, 7) is 0. The molecular weight excluding hydrogens is 332 g/mol. The number of hydrogen-bond donors (Lipinski definition) is 0. The third-order valence-electron chi connectivity index (χ3n) is 3.56. The van der Waals surface area contributed by atoms with Crippen LogP contribution in [-0.2, 0) is 0 Å². The highest BCUT2D eigenvalue weighted by Crippen LogP contribution is 2.31. The largest absolute Gasteiger partial charge is 0.0786 e. The van der Waals surface area contributed by atoms with Gasteiger partial charge in [0.2, 0.25) is 0 Å². The first-order valence-corrected chi connectivity index (χ1v) is 8.26. The molecule has 0 aromatic heterocycles. The van der Waals surface area contributed by atoms with E-state index in [-0.39, 0.29) is 4.83 Å². The molecule has 3 aromatic carbocycles. The van der Waals surface area contributed by atoms with Crippen LogP contribution >= 0.6 is 15.9 Å². The Morgan fingerprint density at radius 3 is 1.86 bits per heavy atom. The lowest BCUT2D eigenvalue weighted by atomic mass is 10.0. The summed E-state index contributed by atoms with van der Waals surface area (Å²) in [5, 5.41) is 0. The van der Waals surface area contributed by atoms with Crippen LogP contribution in [0.1, 0.15) is 27.1 Å². The molecule has 0 heterocycles. The fraction of sp³-hybridized carbons (Fsp3) is 0.0476. The van der Waals surface area contributed by atoms with Crippen LogP contribution in [0.5, 0.6) is 0 Å². The maximum atomic E-state index is 3.80. The van der Waals surface area contributed by atoms with Crippen LogP contribution in [-0.4, -0.2) is 0 Å². The van der Waals surface area contributed by atoms with Crippen molar-refractivity contribution in [1.82, 2.24) is 0 Å². The molecule has 0 spiro atoms. The van der Waals surface area contributed by atoms with E-state index >= 15 is 0 Å². The smallest absolute Gasteiger partial charge is 0.0644 e. The minimum Gasteiger partial charge on any atom is -0.0786 e. The van der Waals surface area contributed by atoms with E-state index in [4.69, 9.17) is 0 Å². The molecule has 0 saturated carbocycles. The van der Waals surface area contributed by atoms with Crippen LogP contribution < -0.4 is 0 Å². The van der Waals surface area contributed by atoms with Crippen molar-refractivity contribution in [3.05, 3.63) is 107 Å². The quantitative estimate of drug-likeness (QED) is 0.381. The summed E-state index contributed by atoms with van der Waals surface area (Å²) in [5.74, 6) is 0. The molecule has 0 radical (unpaired) electrons. The van der Waals surface area contributed by atoms with Crippen molar-refractivity contribution in [2.24, 2.45) is 0 Å². The second-order valence-electron chi connectivity index (χ2n) is 5.19. The Morgan fingerprint density at radius 1 is 0.591 bits per heavy atom. The molecule has 1 unspecified atom stereocenters. The maximum absolute atomic E-state index is 3.80. The standard InChI is InChI=1S/C21H17Br/c22-21(19-11-5-2-6-12-19)20-13-7-10-18(16-20)15-14-17-8-3-1-4-9-17/h1-16,21H. The zero-order valence-corrected chi connectivity index (χ0v) is 13.8. The highest BCUT2D eigenvalue weighted by atomic mass is 79.9. The molecule has 108 valence electrons. The van der Waals surface area contributed by atoms with Gasteiger partial charge < -0.3 is 0 Å². The average Bonchev–Trinajstić information content (AvgIpc) is 2.61. The maximum Gasteiger partial charge on any atom is 0.0644 e. The summed E-state index contributed by atoms with van der Waals surface area (Å²) in [4.78, 5) is 0.221. The number of rotatable bonds is 4. The van der Waals surface area contributed by atoms with Gasteiger partial charge in [-0.1, -0.05) is 113 Å². The molecule has 1 heteroatoms. The van der Waals surface area contributed by atoms with Gasteiger partial charge in [-0.25, -0.2) is 0 Å². The van der Waals surface area contributed by atoms with E-state index in [1.54, 1.807) is 0 Å². The van der Waals surface area contributed by atoms with Crippen molar-refractivity contribution in [1.29, 1.82) is 0 Å². The second-order valence-corrected chi connectivity index (χ2v) is 6.10. The van der Waals surface area contributed by atoms with Gasteiger partial charge in [-0.15, -0.1) is 0 Å².